The number of rotatable bonds is 4. The highest BCUT2D eigenvalue weighted by Crippen LogP contribution is 2.17. The Bertz CT molecular complexity index is 903. The smallest absolute Gasteiger partial charge is 0.256 e. The molecule has 0 fully saturated rings. The van der Waals surface area contributed by atoms with E-state index < -0.39 is 0 Å². The van der Waals surface area contributed by atoms with E-state index >= 15 is 0 Å². The molecule has 2 aromatic carbocycles. The van der Waals surface area contributed by atoms with E-state index in [-0.39, 0.29) is 5.56 Å². The molecule has 0 aliphatic carbocycles. The molecule has 1 heterocycles. The van der Waals surface area contributed by atoms with Crippen LogP contribution in [0.2, 0.25) is 10.0 Å². The van der Waals surface area contributed by atoms with E-state index in [4.69, 9.17) is 23.2 Å². The Morgan fingerprint density at radius 1 is 1.00 bits per heavy atom. The van der Waals surface area contributed by atoms with Crippen molar-refractivity contribution in [3.63, 3.8) is 0 Å². The molecule has 0 spiro atoms. The zero-order chi connectivity index (χ0) is 17.1. The van der Waals surface area contributed by atoms with Gasteiger partial charge in [0.25, 0.3) is 5.56 Å². The molecule has 0 amide bonds. The molecule has 0 aliphatic heterocycles. The zero-order valence-corrected chi connectivity index (χ0v) is 14.4. The molecule has 3 aromatic rings. The van der Waals surface area contributed by atoms with Crippen molar-refractivity contribution in [2.45, 2.75) is 13.3 Å². The molecule has 0 aliphatic rings. The molecule has 0 saturated carbocycles. The fourth-order valence-electron chi connectivity index (χ4n) is 2.35. The quantitative estimate of drug-likeness (QED) is 0.708. The second-order valence-electron chi connectivity index (χ2n) is 5.41. The minimum Gasteiger partial charge on any atom is -0.326 e. The molecular formula is C18H15Cl2N3O. The summed E-state index contributed by atoms with van der Waals surface area (Å²) < 4.78 is 0. The Kier molecular flexibility index (Phi) is 4.88. The Hall–Kier alpha value is -2.30. The van der Waals surface area contributed by atoms with Crippen LogP contribution in [0.15, 0.2) is 53.3 Å². The summed E-state index contributed by atoms with van der Waals surface area (Å²) >= 11 is 11.8. The number of halogens is 2. The predicted molar refractivity (Wildman–Crippen MR) is 98.6 cm³/mol. The maximum absolute atomic E-state index is 12.4. The van der Waals surface area contributed by atoms with Gasteiger partial charge in [-0.2, -0.15) is 0 Å². The molecule has 2 N–H and O–H groups in total. The van der Waals surface area contributed by atoms with E-state index in [1.165, 1.54) is 0 Å². The maximum Gasteiger partial charge on any atom is 0.256 e. The van der Waals surface area contributed by atoms with Gasteiger partial charge >= 0.3 is 0 Å². The molecule has 3 rings (SSSR count). The van der Waals surface area contributed by atoms with Gasteiger partial charge in [0.05, 0.1) is 5.69 Å². The van der Waals surface area contributed by atoms with Crippen molar-refractivity contribution >= 4 is 34.8 Å². The maximum atomic E-state index is 12.4. The van der Waals surface area contributed by atoms with Crippen molar-refractivity contribution in [1.29, 1.82) is 0 Å². The van der Waals surface area contributed by atoms with Gasteiger partial charge in [0.1, 0.15) is 0 Å². The van der Waals surface area contributed by atoms with Gasteiger partial charge in [-0.3, -0.25) is 9.78 Å². The number of aryl methyl sites for hydroxylation is 1. The molecule has 0 saturated heterocycles. The van der Waals surface area contributed by atoms with Crippen LogP contribution in [0.1, 0.15) is 16.8 Å². The van der Waals surface area contributed by atoms with E-state index in [1.807, 2.05) is 43.3 Å². The van der Waals surface area contributed by atoms with Crippen molar-refractivity contribution in [2.24, 2.45) is 0 Å². The van der Waals surface area contributed by atoms with Gasteiger partial charge in [-0.05, 0) is 48.9 Å². The van der Waals surface area contributed by atoms with Gasteiger partial charge < -0.3 is 5.32 Å². The summed E-state index contributed by atoms with van der Waals surface area (Å²) in [6.07, 6.45) is 0.507. The van der Waals surface area contributed by atoms with E-state index in [1.54, 1.807) is 12.1 Å². The van der Waals surface area contributed by atoms with Crippen molar-refractivity contribution in [3.8, 4) is 0 Å². The third-order valence-electron chi connectivity index (χ3n) is 3.62. The number of H-pyrrole nitrogens is 1. The summed E-state index contributed by atoms with van der Waals surface area (Å²) in [5.74, 6) is 0.402. The Morgan fingerprint density at radius 3 is 2.17 bits per heavy atom. The molecule has 1 aromatic heterocycles. The molecule has 4 nitrogen and oxygen atoms in total. The molecule has 24 heavy (non-hydrogen) atoms. The Labute approximate surface area is 149 Å². The Morgan fingerprint density at radius 2 is 1.58 bits per heavy atom. The lowest BCUT2D eigenvalue weighted by atomic mass is 10.1. The van der Waals surface area contributed by atoms with Crippen LogP contribution in [0.4, 0.5) is 11.6 Å². The first kappa shape index (κ1) is 16.6. The van der Waals surface area contributed by atoms with E-state index in [0.29, 0.717) is 33.7 Å². The number of aromatic amines is 1. The number of nitrogens with one attached hydrogen (secondary N) is 2. The minimum absolute atomic E-state index is 0.158. The fraction of sp³-hybridized carbons (Fsp3) is 0.111. The molecule has 0 radical (unpaired) electrons. The predicted octanol–water partition coefficient (Wildman–Crippen LogP) is 4.72. The van der Waals surface area contributed by atoms with Crippen LogP contribution in [-0.4, -0.2) is 9.97 Å². The highest BCUT2D eigenvalue weighted by molar-refractivity contribution is 6.30. The summed E-state index contributed by atoms with van der Waals surface area (Å²) in [6, 6.07) is 14.6. The summed E-state index contributed by atoms with van der Waals surface area (Å²) in [5.41, 5.74) is 2.97. The number of nitrogens with zero attached hydrogens (tertiary/aromatic N) is 1. The number of hydrogen-bond acceptors (Lipinski definition) is 3. The first-order valence-corrected chi connectivity index (χ1v) is 8.14. The van der Waals surface area contributed by atoms with Crippen LogP contribution in [0.5, 0.6) is 0 Å². The summed E-state index contributed by atoms with van der Waals surface area (Å²) in [5, 5.41) is 4.39. The third-order valence-corrected chi connectivity index (χ3v) is 4.13. The SMILES string of the molecule is Cc1nc(Nc2ccc(Cl)cc2)[nH]c(=O)c1Cc1ccc(Cl)cc1. The van der Waals surface area contributed by atoms with Gasteiger partial charge in [-0.15, -0.1) is 0 Å². The number of benzene rings is 2. The largest absolute Gasteiger partial charge is 0.326 e. The topological polar surface area (TPSA) is 57.8 Å². The number of anilines is 2. The molecule has 122 valence electrons. The minimum atomic E-state index is -0.158. The van der Waals surface area contributed by atoms with Crippen molar-refractivity contribution in [1.82, 2.24) is 9.97 Å². The van der Waals surface area contributed by atoms with Crippen molar-refractivity contribution in [3.05, 3.63) is 85.8 Å². The number of aromatic nitrogens is 2. The zero-order valence-electron chi connectivity index (χ0n) is 12.9. The lowest BCUT2D eigenvalue weighted by Gasteiger charge is -2.09. The first-order valence-electron chi connectivity index (χ1n) is 7.38. The fourth-order valence-corrected chi connectivity index (χ4v) is 2.61. The second kappa shape index (κ2) is 7.07. The van der Waals surface area contributed by atoms with Crippen LogP contribution in [0.25, 0.3) is 0 Å². The summed E-state index contributed by atoms with van der Waals surface area (Å²) in [4.78, 5) is 19.6. The monoisotopic (exact) mass is 359 g/mol. The lowest BCUT2D eigenvalue weighted by Crippen LogP contribution is -2.18. The van der Waals surface area contributed by atoms with Crippen LogP contribution in [-0.2, 0) is 6.42 Å². The second-order valence-corrected chi connectivity index (χ2v) is 6.29. The van der Waals surface area contributed by atoms with Gasteiger partial charge in [0.2, 0.25) is 5.95 Å². The molecular weight excluding hydrogens is 345 g/mol. The van der Waals surface area contributed by atoms with Gasteiger partial charge in [0.15, 0.2) is 0 Å². The van der Waals surface area contributed by atoms with Crippen LogP contribution >= 0.6 is 23.2 Å². The van der Waals surface area contributed by atoms with Gasteiger partial charge in [-0.25, -0.2) is 4.98 Å². The molecule has 0 atom stereocenters. The molecule has 6 heteroatoms. The van der Waals surface area contributed by atoms with Gasteiger partial charge in [0, 0.05) is 27.7 Å². The van der Waals surface area contributed by atoms with Crippen LogP contribution in [0.3, 0.4) is 0 Å². The number of hydrogen-bond donors (Lipinski definition) is 2. The van der Waals surface area contributed by atoms with Gasteiger partial charge in [-0.1, -0.05) is 35.3 Å². The summed E-state index contributed by atoms with van der Waals surface area (Å²) in [7, 11) is 0. The van der Waals surface area contributed by atoms with E-state index in [0.717, 1.165) is 11.3 Å². The van der Waals surface area contributed by atoms with Crippen molar-refractivity contribution < 1.29 is 0 Å². The molecule has 0 unspecified atom stereocenters. The average molecular weight is 360 g/mol. The van der Waals surface area contributed by atoms with Crippen LogP contribution < -0.4 is 10.9 Å². The van der Waals surface area contributed by atoms with E-state index in [9.17, 15) is 4.79 Å². The molecule has 0 bridgehead atoms. The first-order chi connectivity index (χ1) is 11.5. The summed E-state index contributed by atoms with van der Waals surface area (Å²) in [6.45, 7) is 1.83. The highest BCUT2D eigenvalue weighted by Gasteiger charge is 2.09. The average Bonchev–Trinajstić information content (AvgIpc) is 2.55. The van der Waals surface area contributed by atoms with Crippen molar-refractivity contribution in [2.75, 3.05) is 5.32 Å². The van der Waals surface area contributed by atoms with E-state index in [2.05, 4.69) is 15.3 Å². The standard InChI is InChI=1S/C18H15Cl2N3O/c1-11-16(10-12-2-4-13(19)5-3-12)17(24)23-18(21-11)22-15-8-6-14(20)7-9-15/h2-9H,10H2,1H3,(H2,21,22,23,24). The van der Waals surface area contributed by atoms with Crippen LogP contribution in [0, 0.1) is 6.92 Å². The Balaban J connectivity index is 1.84. The normalized spacial score (nSPS) is 10.6. The lowest BCUT2D eigenvalue weighted by molar-refractivity contribution is 0.986. The third kappa shape index (κ3) is 3.96. The highest BCUT2D eigenvalue weighted by atomic mass is 35.5.